The van der Waals surface area contributed by atoms with Gasteiger partial charge in [-0.05, 0) is 25.1 Å². The minimum Gasteiger partial charge on any atom is -0.483 e. The molecule has 9 heteroatoms. The Morgan fingerprint density at radius 2 is 2.05 bits per heavy atom. The molecule has 0 saturated heterocycles. The van der Waals surface area contributed by atoms with Crippen LogP contribution >= 0.6 is 10.7 Å². The molecule has 1 amide bonds. The highest BCUT2D eigenvalue weighted by Crippen LogP contribution is 2.24. The predicted octanol–water partition coefficient (Wildman–Crippen LogP) is 0.827. The minimum atomic E-state index is -4.04. The highest BCUT2D eigenvalue weighted by molar-refractivity contribution is 8.13. The van der Waals surface area contributed by atoms with Gasteiger partial charge in [0.05, 0.1) is 4.90 Å². The monoisotopic (exact) mass is 321 g/mol. The van der Waals surface area contributed by atoms with Gasteiger partial charge in [-0.1, -0.05) is 0 Å². The second-order valence-electron chi connectivity index (χ2n) is 3.64. The summed E-state index contributed by atoms with van der Waals surface area (Å²) in [6.45, 7) is 1.76. The quantitative estimate of drug-likeness (QED) is 0.751. The van der Waals surface area contributed by atoms with Crippen molar-refractivity contribution in [2.75, 3.05) is 13.2 Å². The van der Waals surface area contributed by atoms with Gasteiger partial charge < -0.3 is 15.2 Å². The van der Waals surface area contributed by atoms with Gasteiger partial charge in [0.1, 0.15) is 11.3 Å². The fourth-order valence-electron chi connectivity index (χ4n) is 1.35. The Morgan fingerprint density at radius 1 is 1.40 bits per heavy atom. The highest BCUT2D eigenvalue weighted by atomic mass is 35.7. The lowest BCUT2D eigenvalue weighted by Gasteiger charge is -2.09. The Bertz CT molecular complexity index is 628. The fraction of sp³-hybridized carbons (Fsp3) is 0.273. The third-order valence-electron chi connectivity index (χ3n) is 2.20. The van der Waals surface area contributed by atoms with Gasteiger partial charge in [0.2, 0.25) is 0 Å². The molecule has 0 fully saturated rings. The summed E-state index contributed by atoms with van der Waals surface area (Å²) in [5.74, 6) is -1.93. The van der Waals surface area contributed by atoms with Crippen LogP contribution in [0.2, 0.25) is 0 Å². The Balaban J connectivity index is 3.03. The van der Waals surface area contributed by atoms with Crippen molar-refractivity contribution in [1.82, 2.24) is 5.32 Å². The Kier molecular flexibility index (Phi) is 5.34. The van der Waals surface area contributed by atoms with Crippen molar-refractivity contribution >= 4 is 31.6 Å². The molecule has 110 valence electrons. The molecule has 0 saturated carbocycles. The van der Waals surface area contributed by atoms with Gasteiger partial charge in [0.15, 0.2) is 6.61 Å². The molecule has 20 heavy (non-hydrogen) atoms. The van der Waals surface area contributed by atoms with Gasteiger partial charge in [0.25, 0.3) is 15.0 Å². The standard InChI is InChI=1S/C11H12ClNO6S/c1-2-13-10(14)6-19-9-4-3-7(20(12,17)18)5-8(9)11(15)16/h3-5H,2,6H2,1H3,(H,13,14)(H,15,16). The fourth-order valence-corrected chi connectivity index (χ4v) is 2.12. The number of amides is 1. The summed E-state index contributed by atoms with van der Waals surface area (Å²) in [5, 5.41) is 11.5. The summed E-state index contributed by atoms with van der Waals surface area (Å²) in [7, 11) is 1.09. The largest absolute Gasteiger partial charge is 0.483 e. The van der Waals surface area contributed by atoms with E-state index in [0.29, 0.717) is 6.54 Å². The lowest BCUT2D eigenvalue weighted by molar-refractivity contribution is -0.123. The molecule has 7 nitrogen and oxygen atoms in total. The van der Waals surface area contributed by atoms with Crippen LogP contribution in [-0.4, -0.2) is 38.6 Å². The van der Waals surface area contributed by atoms with Gasteiger partial charge in [-0.2, -0.15) is 0 Å². The molecule has 1 aromatic rings. The number of nitrogens with one attached hydrogen (secondary N) is 1. The van der Waals surface area contributed by atoms with Gasteiger partial charge in [-0.25, -0.2) is 13.2 Å². The maximum atomic E-state index is 11.2. The van der Waals surface area contributed by atoms with Crippen LogP contribution in [0.25, 0.3) is 0 Å². The SMILES string of the molecule is CCNC(=O)COc1ccc(S(=O)(=O)Cl)cc1C(=O)O. The number of carboxylic acids is 1. The maximum Gasteiger partial charge on any atom is 0.339 e. The van der Waals surface area contributed by atoms with Crippen LogP contribution < -0.4 is 10.1 Å². The molecular weight excluding hydrogens is 310 g/mol. The van der Waals surface area contributed by atoms with Gasteiger partial charge in [-0.15, -0.1) is 0 Å². The van der Waals surface area contributed by atoms with E-state index in [1.165, 1.54) is 0 Å². The normalized spacial score (nSPS) is 10.9. The molecule has 0 aliphatic heterocycles. The van der Waals surface area contributed by atoms with Gasteiger partial charge in [-0.3, -0.25) is 4.79 Å². The molecule has 0 aromatic heterocycles. The topological polar surface area (TPSA) is 110 Å². The van der Waals surface area contributed by atoms with E-state index in [1.807, 2.05) is 0 Å². The first kappa shape index (κ1) is 16.3. The van der Waals surface area contributed by atoms with E-state index in [4.69, 9.17) is 20.5 Å². The van der Waals surface area contributed by atoms with Crippen LogP contribution in [0.5, 0.6) is 5.75 Å². The molecule has 0 spiro atoms. The molecule has 0 heterocycles. The number of rotatable bonds is 6. The number of carbonyl (C=O) groups is 2. The first-order chi connectivity index (χ1) is 9.25. The highest BCUT2D eigenvalue weighted by Gasteiger charge is 2.18. The molecule has 1 rings (SSSR count). The minimum absolute atomic E-state index is 0.118. The number of hydrogen-bond acceptors (Lipinski definition) is 5. The second kappa shape index (κ2) is 6.58. The molecule has 0 radical (unpaired) electrons. The molecule has 0 atom stereocenters. The maximum absolute atomic E-state index is 11.2. The molecule has 0 aliphatic carbocycles. The number of aromatic carboxylic acids is 1. The lowest BCUT2D eigenvalue weighted by Crippen LogP contribution is -2.28. The molecule has 0 bridgehead atoms. The summed E-state index contributed by atoms with van der Waals surface area (Å²) in [5.41, 5.74) is -0.393. The Morgan fingerprint density at radius 3 is 2.55 bits per heavy atom. The molecule has 1 aromatic carbocycles. The van der Waals surface area contributed by atoms with Crippen LogP contribution in [0, 0.1) is 0 Å². The second-order valence-corrected chi connectivity index (χ2v) is 6.21. The Hall–Kier alpha value is -1.80. The number of halogens is 1. The average molecular weight is 322 g/mol. The summed E-state index contributed by atoms with van der Waals surface area (Å²) in [6.07, 6.45) is 0. The smallest absolute Gasteiger partial charge is 0.339 e. The van der Waals surface area contributed by atoms with Crippen LogP contribution in [0.3, 0.4) is 0 Å². The molecule has 0 unspecified atom stereocenters. The van der Waals surface area contributed by atoms with Crippen molar-refractivity contribution in [3.63, 3.8) is 0 Å². The van der Waals surface area contributed by atoms with Crippen molar-refractivity contribution in [2.45, 2.75) is 11.8 Å². The van der Waals surface area contributed by atoms with E-state index in [2.05, 4.69) is 5.32 Å². The zero-order valence-corrected chi connectivity index (χ0v) is 12.0. The Labute approximate surface area is 119 Å². The lowest BCUT2D eigenvalue weighted by atomic mass is 10.2. The summed E-state index contributed by atoms with van der Waals surface area (Å²) in [4.78, 5) is 21.9. The third kappa shape index (κ3) is 4.39. The van der Waals surface area contributed by atoms with E-state index in [9.17, 15) is 18.0 Å². The first-order valence-electron chi connectivity index (χ1n) is 5.47. The van der Waals surface area contributed by atoms with Crippen LogP contribution in [0.4, 0.5) is 0 Å². The van der Waals surface area contributed by atoms with E-state index in [0.717, 1.165) is 18.2 Å². The number of ether oxygens (including phenoxy) is 1. The van der Waals surface area contributed by atoms with Crippen molar-refractivity contribution < 1.29 is 27.9 Å². The van der Waals surface area contributed by atoms with Crippen molar-refractivity contribution in [1.29, 1.82) is 0 Å². The number of hydrogen-bond donors (Lipinski definition) is 2. The number of benzene rings is 1. The van der Waals surface area contributed by atoms with E-state index in [1.54, 1.807) is 6.92 Å². The van der Waals surface area contributed by atoms with Crippen LogP contribution in [0.15, 0.2) is 23.1 Å². The zero-order chi connectivity index (χ0) is 15.3. The van der Waals surface area contributed by atoms with Crippen LogP contribution in [-0.2, 0) is 13.8 Å². The van der Waals surface area contributed by atoms with Crippen LogP contribution in [0.1, 0.15) is 17.3 Å². The van der Waals surface area contributed by atoms with E-state index < -0.39 is 26.5 Å². The first-order valence-corrected chi connectivity index (χ1v) is 7.78. The number of likely N-dealkylation sites (N-methyl/N-ethyl adjacent to an activating group) is 1. The average Bonchev–Trinajstić information content (AvgIpc) is 2.35. The number of carboxylic acid groups (broad SMARTS) is 1. The van der Waals surface area contributed by atoms with E-state index in [-0.39, 0.29) is 17.3 Å². The number of carbonyl (C=O) groups excluding carboxylic acids is 1. The zero-order valence-electron chi connectivity index (χ0n) is 10.4. The van der Waals surface area contributed by atoms with Gasteiger partial charge >= 0.3 is 5.97 Å². The molecular formula is C11H12ClNO6S. The summed E-state index contributed by atoms with van der Waals surface area (Å²) in [6, 6.07) is 3.11. The predicted molar refractivity (Wildman–Crippen MR) is 70.6 cm³/mol. The van der Waals surface area contributed by atoms with Crippen molar-refractivity contribution in [3.8, 4) is 5.75 Å². The molecule has 0 aliphatic rings. The summed E-state index contributed by atoms with van der Waals surface area (Å²) < 4.78 is 27.3. The third-order valence-corrected chi connectivity index (χ3v) is 3.55. The molecule has 2 N–H and O–H groups in total. The van der Waals surface area contributed by atoms with Crippen molar-refractivity contribution in [2.24, 2.45) is 0 Å². The van der Waals surface area contributed by atoms with Crippen molar-refractivity contribution in [3.05, 3.63) is 23.8 Å². The summed E-state index contributed by atoms with van der Waals surface area (Å²) >= 11 is 0. The van der Waals surface area contributed by atoms with E-state index >= 15 is 0 Å². The van der Waals surface area contributed by atoms with Gasteiger partial charge in [0, 0.05) is 17.2 Å².